The van der Waals surface area contributed by atoms with Crippen LogP contribution in [0.2, 0.25) is 0 Å². The normalized spacial score (nSPS) is 10.2. The molecule has 1 heterocycles. The van der Waals surface area contributed by atoms with Gasteiger partial charge in [-0.2, -0.15) is 14.6 Å². The molecule has 0 amide bonds. The topological polar surface area (TPSA) is 45.9 Å². The van der Waals surface area contributed by atoms with Gasteiger partial charge in [0, 0.05) is 6.07 Å². The number of pyridine rings is 1. The zero-order chi connectivity index (χ0) is 14.7. The van der Waals surface area contributed by atoms with Crippen molar-refractivity contribution in [1.82, 2.24) is 4.98 Å². The van der Waals surface area contributed by atoms with Gasteiger partial charge in [-0.1, -0.05) is 6.07 Å². The molecule has 0 aliphatic rings. The van der Waals surface area contributed by atoms with Gasteiger partial charge in [-0.15, -0.1) is 0 Å². The van der Waals surface area contributed by atoms with E-state index in [4.69, 9.17) is 10.00 Å². The van der Waals surface area contributed by atoms with E-state index in [0.29, 0.717) is 6.07 Å². The van der Waals surface area contributed by atoms with Crippen molar-refractivity contribution in [3.8, 4) is 11.9 Å². The van der Waals surface area contributed by atoms with E-state index < -0.39 is 29.3 Å². The maximum atomic E-state index is 13.3. The zero-order valence-corrected chi connectivity index (χ0v) is 9.83. The molecule has 0 bridgehead atoms. The number of rotatable bonds is 3. The average Bonchev–Trinajstić information content (AvgIpc) is 2.41. The maximum absolute atomic E-state index is 13.3. The number of hydrogen-bond donors (Lipinski definition) is 0. The number of ether oxygens (including phenoxy) is 1. The first-order valence-electron chi connectivity index (χ1n) is 5.34. The summed E-state index contributed by atoms with van der Waals surface area (Å²) in [5, 5.41) is 8.55. The van der Waals surface area contributed by atoms with Crippen LogP contribution in [0.4, 0.5) is 17.6 Å². The molecule has 0 atom stereocenters. The van der Waals surface area contributed by atoms with Gasteiger partial charge in [0.2, 0.25) is 0 Å². The van der Waals surface area contributed by atoms with E-state index in [0.717, 1.165) is 6.07 Å². The second-order valence-electron chi connectivity index (χ2n) is 3.76. The molecular formula is C13H6F4N2O. The van der Waals surface area contributed by atoms with Crippen molar-refractivity contribution in [2.75, 3.05) is 0 Å². The summed E-state index contributed by atoms with van der Waals surface area (Å²) in [7, 11) is 0. The molecule has 1 aromatic heterocycles. The number of nitrogens with zero attached hydrogens (tertiary/aromatic N) is 2. The number of aromatic nitrogens is 1. The van der Waals surface area contributed by atoms with E-state index >= 15 is 0 Å². The van der Waals surface area contributed by atoms with Crippen LogP contribution in [0.15, 0.2) is 24.3 Å². The van der Waals surface area contributed by atoms with Crippen molar-refractivity contribution in [2.45, 2.75) is 6.61 Å². The van der Waals surface area contributed by atoms with E-state index in [9.17, 15) is 17.6 Å². The summed E-state index contributed by atoms with van der Waals surface area (Å²) in [5.41, 5.74) is 0.137. The van der Waals surface area contributed by atoms with Crippen molar-refractivity contribution in [1.29, 1.82) is 5.26 Å². The highest BCUT2D eigenvalue weighted by Gasteiger charge is 2.13. The molecule has 0 aliphatic carbocycles. The smallest absolute Gasteiger partial charge is 0.253 e. The zero-order valence-electron chi connectivity index (χ0n) is 9.83. The van der Waals surface area contributed by atoms with Gasteiger partial charge in [0.1, 0.15) is 18.5 Å². The molecule has 0 fully saturated rings. The van der Waals surface area contributed by atoms with Crippen LogP contribution in [-0.2, 0) is 6.61 Å². The van der Waals surface area contributed by atoms with Crippen LogP contribution >= 0.6 is 0 Å². The Kier molecular flexibility index (Phi) is 3.84. The third-order valence-corrected chi connectivity index (χ3v) is 2.38. The lowest BCUT2D eigenvalue weighted by Crippen LogP contribution is -2.03. The summed E-state index contributed by atoms with van der Waals surface area (Å²) in [5.74, 6) is -5.58. The van der Waals surface area contributed by atoms with Crippen molar-refractivity contribution in [3.05, 3.63) is 58.8 Å². The Morgan fingerprint density at radius 1 is 1.05 bits per heavy atom. The fourth-order valence-electron chi connectivity index (χ4n) is 1.42. The number of hydrogen-bond acceptors (Lipinski definition) is 3. The number of halogens is 4. The number of benzene rings is 1. The molecule has 0 radical (unpaired) electrons. The lowest BCUT2D eigenvalue weighted by Gasteiger charge is -2.07. The summed E-state index contributed by atoms with van der Waals surface area (Å²) < 4.78 is 56.8. The predicted molar refractivity (Wildman–Crippen MR) is 59.6 cm³/mol. The van der Waals surface area contributed by atoms with Crippen LogP contribution < -0.4 is 4.74 Å². The monoisotopic (exact) mass is 282 g/mol. The molecule has 0 spiro atoms. The van der Waals surface area contributed by atoms with Crippen LogP contribution in [-0.4, -0.2) is 4.98 Å². The van der Waals surface area contributed by atoms with Crippen molar-refractivity contribution < 1.29 is 22.3 Å². The highest BCUT2D eigenvalue weighted by Crippen LogP contribution is 2.18. The summed E-state index contributed by atoms with van der Waals surface area (Å²) in [6, 6.07) is 5.58. The Bertz CT molecular complexity index is 698. The van der Waals surface area contributed by atoms with E-state index in [-0.39, 0.29) is 17.7 Å². The van der Waals surface area contributed by atoms with Gasteiger partial charge in [0.15, 0.2) is 11.6 Å². The lowest BCUT2D eigenvalue weighted by molar-refractivity contribution is 0.268. The average molecular weight is 282 g/mol. The maximum Gasteiger partial charge on any atom is 0.253 e. The van der Waals surface area contributed by atoms with Crippen LogP contribution in [0.1, 0.15) is 11.1 Å². The SMILES string of the molecule is N#Cc1ccc(COc2nc(F)c(F)cc2F)cc1F. The first-order valence-corrected chi connectivity index (χ1v) is 5.34. The van der Waals surface area contributed by atoms with Gasteiger partial charge < -0.3 is 4.74 Å². The fraction of sp³-hybridized carbons (Fsp3) is 0.0769. The van der Waals surface area contributed by atoms with E-state index in [2.05, 4.69) is 4.98 Å². The molecule has 1 aromatic carbocycles. The fourth-order valence-corrected chi connectivity index (χ4v) is 1.42. The minimum absolute atomic E-state index is 0.147. The summed E-state index contributed by atoms with van der Waals surface area (Å²) in [6.07, 6.45) is 0. The van der Waals surface area contributed by atoms with Gasteiger partial charge >= 0.3 is 0 Å². The Morgan fingerprint density at radius 3 is 2.45 bits per heavy atom. The van der Waals surface area contributed by atoms with Crippen molar-refractivity contribution in [2.24, 2.45) is 0 Å². The second-order valence-corrected chi connectivity index (χ2v) is 3.76. The Labute approximate surface area is 111 Å². The van der Waals surface area contributed by atoms with Crippen LogP contribution in [0.3, 0.4) is 0 Å². The molecule has 7 heteroatoms. The van der Waals surface area contributed by atoms with Crippen molar-refractivity contribution in [3.63, 3.8) is 0 Å². The van der Waals surface area contributed by atoms with E-state index in [1.54, 1.807) is 6.07 Å². The molecule has 2 aromatic rings. The molecule has 0 saturated heterocycles. The third kappa shape index (κ3) is 2.85. The molecule has 102 valence electrons. The van der Waals surface area contributed by atoms with E-state index in [1.165, 1.54) is 12.1 Å². The highest BCUT2D eigenvalue weighted by atomic mass is 19.2. The van der Waals surface area contributed by atoms with Gasteiger partial charge in [0.25, 0.3) is 11.8 Å². The second kappa shape index (κ2) is 5.57. The first kappa shape index (κ1) is 13.8. The third-order valence-electron chi connectivity index (χ3n) is 2.38. The molecule has 20 heavy (non-hydrogen) atoms. The van der Waals surface area contributed by atoms with Gasteiger partial charge in [-0.3, -0.25) is 0 Å². The Hall–Kier alpha value is -2.62. The largest absolute Gasteiger partial charge is 0.471 e. The van der Waals surface area contributed by atoms with Gasteiger partial charge in [0.05, 0.1) is 5.56 Å². The molecule has 0 saturated carbocycles. The number of nitriles is 1. The van der Waals surface area contributed by atoms with Crippen LogP contribution in [0.5, 0.6) is 5.88 Å². The highest BCUT2D eigenvalue weighted by molar-refractivity contribution is 5.33. The molecular weight excluding hydrogens is 276 g/mol. The standard InChI is InChI=1S/C13H6F4N2O/c14-9-3-7(1-2-8(9)5-18)6-20-13-11(16)4-10(15)12(17)19-13/h1-4H,6H2. The molecule has 0 unspecified atom stereocenters. The molecule has 3 nitrogen and oxygen atoms in total. The predicted octanol–water partition coefficient (Wildman–Crippen LogP) is 3.09. The summed E-state index contributed by atoms with van der Waals surface area (Å²) in [6.45, 7) is -0.308. The minimum atomic E-state index is -1.49. The first-order chi connectivity index (χ1) is 9.51. The van der Waals surface area contributed by atoms with Gasteiger partial charge in [-0.05, 0) is 17.7 Å². The minimum Gasteiger partial charge on any atom is -0.471 e. The lowest BCUT2D eigenvalue weighted by atomic mass is 10.1. The summed E-state index contributed by atoms with van der Waals surface area (Å²) >= 11 is 0. The molecule has 0 N–H and O–H groups in total. The Morgan fingerprint density at radius 2 is 1.80 bits per heavy atom. The van der Waals surface area contributed by atoms with Gasteiger partial charge in [-0.25, -0.2) is 13.2 Å². The quantitative estimate of drug-likeness (QED) is 0.642. The summed E-state index contributed by atoms with van der Waals surface area (Å²) in [4.78, 5) is 2.96. The molecule has 2 rings (SSSR count). The van der Waals surface area contributed by atoms with E-state index in [1.807, 2.05) is 0 Å². The Balaban J connectivity index is 2.15. The van der Waals surface area contributed by atoms with Crippen molar-refractivity contribution >= 4 is 0 Å². The van der Waals surface area contributed by atoms with Crippen LogP contribution in [0, 0.1) is 34.7 Å². The molecule has 0 aliphatic heterocycles. The van der Waals surface area contributed by atoms with Crippen LogP contribution in [0.25, 0.3) is 0 Å².